The molecule has 0 aliphatic rings. The number of pyridine rings is 1. The van der Waals surface area contributed by atoms with E-state index in [9.17, 15) is 4.79 Å². The number of fused-ring (bicyclic) bond motifs is 1. The van der Waals surface area contributed by atoms with Crippen LogP contribution >= 0.6 is 24.8 Å². The maximum Gasteiger partial charge on any atom is 0.252 e. The lowest BCUT2D eigenvalue weighted by Crippen LogP contribution is -2.25. The number of benzene rings is 1. The summed E-state index contributed by atoms with van der Waals surface area (Å²) >= 11 is 0. The summed E-state index contributed by atoms with van der Waals surface area (Å²) in [5.41, 5.74) is 9.37. The Morgan fingerprint density at radius 3 is 2.56 bits per heavy atom. The molecule has 3 aromatic rings. The zero-order valence-corrected chi connectivity index (χ0v) is 17.1. The van der Waals surface area contributed by atoms with Crippen molar-refractivity contribution in [1.29, 1.82) is 0 Å². The summed E-state index contributed by atoms with van der Waals surface area (Å²) in [6.45, 7) is 3.15. The Kier molecular flexibility index (Phi) is 8.69. The molecule has 0 radical (unpaired) electrons. The van der Waals surface area contributed by atoms with Crippen molar-refractivity contribution in [3.05, 3.63) is 47.7 Å². The highest BCUT2D eigenvalue weighted by Gasteiger charge is 2.18. The molecule has 6 nitrogen and oxygen atoms in total. The number of aromatic nitrogens is 3. The Balaban J connectivity index is 0.00000182. The van der Waals surface area contributed by atoms with E-state index in [4.69, 9.17) is 10.7 Å². The second-order valence-electron chi connectivity index (χ2n) is 6.08. The number of carbonyl (C=O) groups is 1. The van der Waals surface area contributed by atoms with Crippen LogP contribution < -0.4 is 11.1 Å². The first-order chi connectivity index (χ1) is 12.1. The molecule has 8 heteroatoms. The zero-order valence-electron chi connectivity index (χ0n) is 15.4. The van der Waals surface area contributed by atoms with E-state index in [0.29, 0.717) is 24.3 Å². The highest BCUT2D eigenvalue weighted by atomic mass is 35.5. The zero-order chi connectivity index (χ0) is 17.8. The first-order valence-corrected chi connectivity index (χ1v) is 8.50. The van der Waals surface area contributed by atoms with Crippen LogP contribution in [0.3, 0.4) is 0 Å². The summed E-state index contributed by atoms with van der Waals surface area (Å²) in [6, 6.07) is 11.7. The second-order valence-corrected chi connectivity index (χ2v) is 6.08. The van der Waals surface area contributed by atoms with Gasteiger partial charge in [0, 0.05) is 19.2 Å². The van der Waals surface area contributed by atoms with Crippen LogP contribution in [0.2, 0.25) is 0 Å². The van der Waals surface area contributed by atoms with Gasteiger partial charge in [0.25, 0.3) is 5.91 Å². The number of hydrogen-bond donors (Lipinski definition) is 2. The largest absolute Gasteiger partial charge is 0.352 e. The summed E-state index contributed by atoms with van der Waals surface area (Å²) in [4.78, 5) is 17.5. The fraction of sp³-hybridized carbons (Fsp3) is 0.316. The number of nitrogens with two attached hydrogens (primary N) is 1. The van der Waals surface area contributed by atoms with E-state index in [2.05, 4.69) is 10.4 Å². The fourth-order valence-corrected chi connectivity index (χ4v) is 2.95. The minimum atomic E-state index is -0.0993. The van der Waals surface area contributed by atoms with Crippen molar-refractivity contribution in [2.45, 2.75) is 19.8 Å². The van der Waals surface area contributed by atoms with E-state index in [1.165, 1.54) is 0 Å². The van der Waals surface area contributed by atoms with Crippen LogP contribution in [-0.4, -0.2) is 33.8 Å². The summed E-state index contributed by atoms with van der Waals surface area (Å²) in [6.07, 6.45) is 1.77. The number of hydrogen-bond acceptors (Lipinski definition) is 4. The normalized spacial score (nSPS) is 10.2. The lowest BCUT2D eigenvalue weighted by atomic mass is 10.0. The van der Waals surface area contributed by atoms with E-state index < -0.39 is 0 Å². The standard InChI is InChI=1S/C19H23N5O.2ClH/c1-13-17-15(19(25)21-11-7-6-10-20)12-16(14-8-4-3-5-9-14)22-18(17)24(2)23-13;;/h3-5,8-9,12H,6-7,10-11,20H2,1-2H3,(H,21,25);2*1H. The minimum absolute atomic E-state index is 0. The SMILES string of the molecule is Cc1nn(C)c2nc(-c3ccccc3)cc(C(=O)NCCCCN)c12.Cl.Cl. The molecule has 0 saturated heterocycles. The summed E-state index contributed by atoms with van der Waals surface area (Å²) in [5, 5.41) is 8.22. The first kappa shape index (κ1) is 22.9. The van der Waals surface area contributed by atoms with Crippen LogP contribution in [0.15, 0.2) is 36.4 Å². The fourth-order valence-electron chi connectivity index (χ4n) is 2.95. The van der Waals surface area contributed by atoms with Crippen molar-refractivity contribution in [2.75, 3.05) is 13.1 Å². The van der Waals surface area contributed by atoms with Gasteiger partial charge >= 0.3 is 0 Å². The van der Waals surface area contributed by atoms with Crippen LogP contribution in [0.4, 0.5) is 0 Å². The second kappa shape index (κ2) is 10.3. The number of rotatable bonds is 6. The Hall–Kier alpha value is -2.15. The van der Waals surface area contributed by atoms with Crippen molar-refractivity contribution >= 4 is 41.8 Å². The van der Waals surface area contributed by atoms with Crippen LogP contribution in [0.5, 0.6) is 0 Å². The van der Waals surface area contributed by atoms with Crippen molar-refractivity contribution in [3.8, 4) is 11.3 Å². The molecule has 0 aliphatic heterocycles. The highest BCUT2D eigenvalue weighted by molar-refractivity contribution is 6.07. The van der Waals surface area contributed by atoms with Crippen molar-refractivity contribution in [2.24, 2.45) is 12.8 Å². The van der Waals surface area contributed by atoms with Crippen LogP contribution in [0.25, 0.3) is 22.3 Å². The van der Waals surface area contributed by atoms with Gasteiger partial charge in [0.1, 0.15) is 0 Å². The molecule has 0 spiro atoms. The Labute approximate surface area is 171 Å². The quantitative estimate of drug-likeness (QED) is 0.611. The number of amides is 1. The van der Waals surface area contributed by atoms with Crippen molar-refractivity contribution < 1.29 is 4.79 Å². The molecule has 0 unspecified atom stereocenters. The molecule has 0 saturated carbocycles. The van der Waals surface area contributed by atoms with E-state index in [0.717, 1.165) is 35.2 Å². The third-order valence-corrected chi connectivity index (χ3v) is 4.20. The predicted molar refractivity (Wildman–Crippen MR) is 114 cm³/mol. The third-order valence-electron chi connectivity index (χ3n) is 4.20. The highest BCUT2D eigenvalue weighted by Crippen LogP contribution is 2.26. The van der Waals surface area contributed by atoms with Crippen LogP contribution in [0.1, 0.15) is 28.9 Å². The maximum atomic E-state index is 12.8. The maximum absolute atomic E-state index is 12.8. The van der Waals surface area contributed by atoms with Crippen molar-refractivity contribution in [1.82, 2.24) is 20.1 Å². The number of nitrogens with zero attached hydrogens (tertiary/aromatic N) is 3. The average Bonchev–Trinajstić information content (AvgIpc) is 2.93. The lowest BCUT2D eigenvalue weighted by Gasteiger charge is -2.09. The monoisotopic (exact) mass is 409 g/mol. The molecule has 3 N–H and O–H groups in total. The minimum Gasteiger partial charge on any atom is -0.352 e. The number of unbranched alkanes of at least 4 members (excludes halogenated alkanes) is 1. The van der Waals surface area contributed by atoms with E-state index in [1.807, 2.05) is 50.4 Å². The Morgan fingerprint density at radius 2 is 1.89 bits per heavy atom. The van der Waals surface area contributed by atoms with Gasteiger partial charge in [0.15, 0.2) is 5.65 Å². The molecule has 1 amide bonds. The summed E-state index contributed by atoms with van der Waals surface area (Å²) in [5.74, 6) is -0.0993. The van der Waals surface area contributed by atoms with Gasteiger partial charge in [-0.25, -0.2) is 4.98 Å². The first-order valence-electron chi connectivity index (χ1n) is 8.50. The lowest BCUT2D eigenvalue weighted by molar-refractivity contribution is 0.0954. The van der Waals surface area contributed by atoms with Gasteiger partial charge in [-0.1, -0.05) is 30.3 Å². The number of nitrogens with one attached hydrogen (secondary N) is 1. The average molecular weight is 410 g/mol. The molecular formula is C19H25Cl2N5O. The molecule has 2 heterocycles. The van der Waals surface area contributed by atoms with Gasteiger partial charge in [-0.3, -0.25) is 9.48 Å². The molecule has 1 aromatic carbocycles. The molecule has 0 atom stereocenters. The Bertz CT molecular complexity index is 896. The van der Waals surface area contributed by atoms with E-state index in [1.54, 1.807) is 4.68 Å². The van der Waals surface area contributed by atoms with Gasteiger partial charge in [0.05, 0.1) is 22.3 Å². The van der Waals surface area contributed by atoms with Crippen molar-refractivity contribution in [3.63, 3.8) is 0 Å². The molecular weight excluding hydrogens is 385 g/mol. The van der Waals surface area contributed by atoms with E-state index >= 15 is 0 Å². The smallest absolute Gasteiger partial charge is 0.252 e. The number of carbonyl (C=O) groups excluding carboxylic acids is 1. The van der Waals surface area contributed by atoms with Crippen LogP contribution in [-0.2, 0) is 7.05 Å². The van der Waals surface area contributed by atoms with Gasteiger partial charge < -0.3 is 11.1 Å². The topological polar surface area (TPSA) is 85.8 Å². The van der Waals surface area contributed by atoms with Gasteiger partial charge in [-0.2, -0.15) is 5.10 Å². The molecule has 0 fully saturated rings. The van der Waals surface area contributed by atoms with Gasteiger partial charge in [0.2, 0.25) is 0 Å². The third kappa shape index (κ3) is 4.97. The molecule has 0 aliphatic carbocycles. The number of halogens is 2. The molecule has 146 valence electrons. The predicted octanol–water partition coefficient (Wildman–Crippen LogP) is 3.26. The molecule has 3 rings (SSSR count). The van der Waals surface area contributed by atoms with Gasteiger partial charge in [-0.05, 0) is 32.4 Å². The summed E-state index contributed by atoms with van der Waals surface area (Å²) < 4.78 is 1.72. The van der Waals surface area contributed by atoms with E-state index in [-0.39, 0.29) is 30.7 Å². The number of aryl methyl sites for hydroxylation is 2. The molecule has 2 aromatic heterocycles. The Morgan fingerprint density at radius 1 is 1.19 bits per heavy atom. The molecule has 27 heavy (non-hydrogen) atoms. The van der Waals surface area contributed by atoms with Crippen LogP contribution in [0, 0.1) is 6.92 Å². The summed E-state index contributed by atoms with van der Waals surface area (Å²) in [7, 11) is 1.85. The molecule has 0 bridgehead atoms. The van der Waals surface area contributed by atoms with Gasteiger partial charge in [-0.15, -0.1) is 24.8 Å².